The number of fused-ring (bicyclic) bond motifs is 1. The molecule has 0 aliphatic carbocycles. The van der Waals surface area contributed by atoms with Crippen molar-refractivity contribution < 1.29 is 17.9 Å². The molecule has 1 N–H and O–H groups in total. The highest BCUT2D eigenvalue weighted by molar-refractivity contribution is 7.92. The van der Waals surface area contributed by atoms with Crippen LogP contribution in [0, 0.1) is 13.8 Å². The number of benzene rings is 1. The number of esters is 1. The quantitative estimate of drug-likeness (QED) is 0.633. The number of carbonyl (C=O) groups excluding carboxylic acids is 1. The predicted octanol–water partition coefficient (Wildman–Crippen LogP) is 2.64. The Bertz CT molecular complexity index is 1180. The van der Waals surface area contributed by atoms with Gasteiger partial charge in [-0.2, -0.15) is 13.4 Å². The second kappa shape index (κ2) is 6.95. The first kappa shape index (κ1) is 19.3. The van der Waals surface area contributed by atoms with Gasteiger partial charge in [-0.3, -0.25) is 4.72 Å². The van der Waals surface area contributed by atoms with Gasteiger partial charge in [0.05, 0.1) is 28.4 Å². The number of hydrogen-bond acceptors (Lipinski definition) is 7. The van der Waals surface area contributed by atoms with Crippen LogP contribution in [0.1, 0.15) is 21.7 Å². The number of aromatic nitrogens is 4. The molecule has 0 amide bonds. The number of methoxy groups -OCH3 is 1. The molecule has 0 saturated heterocycles. The Balaban J connectivity index is 2.08. The number of hydrogen-bond donors (Lipinski definition) is 1. The molecule has 9 nitrogen and oxygen atoms in total. The van der Waals surface area contributed by atoms with E-state index >= 15 is 0 Å². The van der Waals surface area contributed by atoms with Crippen LogP contribution in [0.15, 0.2) is 23.4 Å². The van der Waals surface area contributed by atoms with E-state index in [1.54, 1.807) is 19.9 Å². The molecule has 0 bridgehead atoms. The normalized spacial score (nSPS) is 11.6. The van der Waals surface area contributed by atoms with Crippen LogP contribution in [0.2, 0.25) is 10.0 Å². The molecule has 142 valence electrons. The summed E-state index contributed by atoms with van der Waals surface area (Å²) in [4.78, 5) is 19.8. The van der Waals surface area contributed by atoms with Crippen LogP contribution in [0.3, 0.4) is 0 Å². The van der Waals surface area contributed by atoms with Crippen LogP contribution >= 0.6 is 23.2 Å². The van der Waals surface area contributed by atoms with Gasteiger partial charge in [-0.25, -0.2) is 14.3 Å². The Kier molecular flexibility index (Phi) is 4.98. The van der Waals surface area contributed by atoms with Gasteiger partial charge in [-0.15, -0.1) is 5.10 Å². The third-order valence-electron chi connectivity index (χ3n) is 3.57. The van der Waals surface area contributed by atoms with Crippen molar-refractivity contribution in [3.63, 3.8) is 0 Å². The lowest BCUT2D eigenvalue weighted by atomic mass is 10.2. The first-order valence-electron chi connectivity index (χ1n) is 7.44. The zero-order valence-electron chi connectivity index (χ0n) is 14.3. The molecular weight excluding hydrogens is 417 g/mol. The van der Waals surface area contributed by atoms with Crippen molar-refractivity contribution in [2.75, 3.05) is 11.8 Å². The minimum atomic E-state index is -4.25. The van der Waals surface area contributed by atoms with Gasteiger partial charge in [-0.05, 0) is 32.0 Å². The fourth-order valence-corrected chi connectivity index (χ4v) is 3.97. The smallest absolute Gasteiger partial charge is 0.339 e. The second-order valence-corrected chi connectivity index (χ2v) is 7.89. The minimum absolute atomic E-state index is 0.00913. The van der Waals surface area contributed by atoms with Crippen molar-refractivity contribution in [3.8, 4) is 0 Å². The molecule has 27 heavy (non-hydrogen) atoms. The molecular formula is C15H13Cl2N5O4S. The molecule has 1 aromatic carbocycles. The maximum Gasteiger partial charge on any atom is 0.339 e. The van der Waals surface area contributed by atoms with Gasteiger partial charge >= 0.3 is 5.97 Å². The summed E-state index contributed by atoms with van der Waals surface area (Å²) in [7, 11) is -3.08. The standard InChI is InChI=1S/C15H13Cl2N5O4S/c1-7-6-8(2)22-14(18-7)19-15(20-22)27(24,25)21-12-10(16)5-4-9(11(12)17)13(23)26-3/h4-6,21H,1-3H3. The molecule has 2 aromatic heterocycles. The Labute approximate surface area is 164 Å². The van der Waals surface area contributed by atoms with Crippen molar-refractivity contribution in [3.05, 3.63) is 45.2 Å². The molecule has 0 aliphatic heterocycles. The van der Waals surface area contributed by atoms with Crippen LogP contribution in [0.5, 0.6) is 0 Å². The van der Waals surface area contributed by atoms with Crippen molar-refractivity contribution in [1.82, 2.24) is 19.6 Å². The molecule has 0 saturated carbocycles. The SMILES string of the molecule is COC(=O)c1ccc(Cl)c(NS(=O)(=O)c2nc3nc(C)cc(C)n3n2)c1Cl. The summed E-state index contributed by atoms with van der Waals surface area (Å²) in [6.45, 7) is 3.50. The topological polar surface area (TPSA) is 116 Å². The monoisotopic (exact) mass is 429 g/mol. The van der Waals surface area contributed by atoms with Crippen LogP contribution in [0.25, 0.3) is 5.78 Å². The number of rotatable bonds is 4. The summed E-state index contributed by atoms with van der Waals surface area (Å²) in [5.74, 6) is -0.605. The molecule has 12 heteroatoms. The van der Waals surface area contributed by atoms with E-state index < -0.39 is 21.1 Å². The number of nitrogens with zero attached hydrogens (tertiary/aromatic N) is 4. The van der Waals surface area contributed by atoms with Gasteiger partial charge in [0, 0.05) is 11.4 Å². The summed E-state index contributed by atoms with van der Waals surface area (Å²) in [6.07, 6.45) is 0. The van der Waals surface area contributed by atoms with Crippen molar-refractivity contribution in [1.29, 1.82) is 0 Å². The maximum atomic E-state index is 12.7. The predicted molar refractivity (Wildman–Crippen MR) is 98.9 cm³/mol. The van der Waals surface area contributed by atoms with Crippen molar-refractivity contribution in [2.24, 2.45) is 0 Å². The van der Waals surface area contributed by atoms with Gasteiger partial charge in [0.25, 0.3) is 21.0 Å². The fourth-order valence-electron chi connectivity index (χ4n) is 2.36. The highest BCUT2D eigenvalue weighted by Crippen LogP contribution is 2.35. The lowest BCUT2D eigenvalue weighted by Crippen LogP contribution is -2.16. The highest BCUT2D eigenvalue weighted by atomic mass is 35.5. The third-order valence-corrected chi connectivity index (χ3v) is 5.41. The highest BCUT2D eigenvalue weighted by Gasteiger charge is 2.26. The van der Waals surface area contributed by atoms with Gasteiger partial charge < -0.3 is 4.74 Å². The molecule has 3 aromatic rings. The van der Waals surface area contributed by atoms with Gasteiger partial charge in [0.1, 0.15) is 0 Å². The van der Waals surface area contributed by atoms with E-state index in [9.17, 15) is 13.2 Å². The van der Waals surface area contributed by atoms with E-state index in [0.717, 1.165) is 0 Å². The Morgan fingerprint density at radius 1 is 1.22 bits per heavy atom. The maximum absolute atomic E-state index is 12.7. The number of halogens is 2. The average molecular weight is 430 g/mol. The van der Waals surface area contributed by atoms with Crippen molar-refractivity contribution >= 4 is 50.7 Å². The van der Waals surface area contributed by atoms with E-state index in [1.165, 1.54) is 23.8 Å². The first-order valence-corrected chi connectivity index (χ1v) is 9.68. The molecule has 3 rings (SSSR count). The number of anilines is 1. The number of ether oxygens (including phenoxy) is 1. The summed E-state index contributed by atoms with van der Waals surface area (Å²) in [5.41, 5.74) is 1.11. The largest absolute Gasteiger partial charge is 0.465 e. The molecule has 0 atom stereocenters. The molecule has 2 heterocycles. The molecule has 0 radical (unpaired) electrons. The summed E-state index contributed by atoms with van der Waals surface area (Å²) < 4.78 is 33.6. The summed E-state index contributed by atoms with van der Waals surface area (Å²) in [5, 5.41) is 3.24. The Hall–Kier alpha value is -2.43. The first-order chi connectivity index (χ1) is 12.6. The van der Waals surface area contributed by atoms with E-state index in [0.29, 0.717) is 11.4 Å². The Morgan fingerprint density at radius 2 is 1.93 bits per heavy atom. The molecule has 0 unspecified atom stereocenters. The number of sulfonamides is 1. The lowest BCUT2D eigenvalue weighted by molar-refractivity contribution is 0.0601. The minimum Gasteiger partial charge on any atom is -0.465 e. The fraction of sp³-hybridized carbons (Fsp3) is 0.200. The zero-order valence-corrected chi connectivity index (χ0v) is 16.6. The summed E-state index contributed by atoms with van der Waals surface area (Å²) in [6, 6.07) is 4.39. The zero-order chi connectivity index (χ0) is 19.9. The van der Waals surface area contributed by atoms with Crippen LogP contribution in [-0.2, 0) is 14.8 Å². The van der Waals surface area contributed by atoms with Gasteiger partial charge in [-0.1, -0.05) is 23.2 Å². The number of carbonyl (C=O) groups is 1. The van der Waals surface area contributed by atoms with Gasteiger partial charge in [0.15, 0.2) is 0 Å². The third kappa shape index (κ3) is 3.55. The van der Waals surface area contributed by atoms with Gasteiger partial charge in [0.2, 0.25) is 0 Å². The average Bonchev–Trinajstić information content (AvgIpc) is 3.03. The van der Waals surface area contributed by atoms with Crippen LogP contribution < -0.4 is 4.72 Å². The van der Waals surface area contributed by atoms with E-state index in [1.807, 2.05) is 0 Å². The second-order valence-electron chi connectivity index (χ2n) is 5.53. The van der Waals surface area contributed by atoms with E-state index in [-0.39, 0.29) is 27.1 Å². The number of aryl methyl sites for hydroxylation is 2. The lowest BCUT2D eigenvalue weighted by Gasteiger charge is -2.11. The van der Waals surface area contributed by atoms with Crippen LogP contribution in [-0.4, -0.2) is 41.1 Å². The van der Waals surface area contributed by atoms with E-state index in [4.69, 9.17) is 23.2 Å². The van der Waals surface area contributed by atoms with E-state index in [2.05, 4.69) is 24.5 Å². The molecule has 0 aliphatic rings. The Morgan fingerprint density at radius 3 is 2.59 bits per heavy atom. The molecule has 0 spiro atoms. The van der Waals surface area contributed by atoms with Crippen molar-refractivity contribution in [2.45, 2.75) is 19.0 Å². The van der Waals surface area contributed by atoms with Crippen LogP contribution in [0.4, 0.5) is 5.69 Å². The number of nitrogens with one attached hydrogen (secondary N) is 1. The summed E-state index contributed by atoms with van der Waals surface area (Å²) >= 11 is 12.2. The molecule has 0 fully saturated rings.